The molecule has 0 spiro atoms. The summed E-state index contributed by atoms with van der Waals surface area (Å²) in [6.45, 7) is 8.75. The summed E-state index contributed by atoms with van der Waals surface area (Å²) in [6.07, 6.45) is 1.93. The molecule has 2 aliphatic heterocycles. The molecule has 0 N–H and O–H groups in total. The smallest absolute Gasteiger partial charge is 0.278 e. The number of amides is 1. The molecule has 3 heteroatoms. The van der Waals surface area contributed by atoms with Crippen LogP contribution < -0.4 is 4.90 Å². The lowest BCUT2D eigenvalue weighted by molar-refractivity contribution is -0.113. The zero-order valence-electron chi connectivity index (χ0n) is 15.3. The van der Waals surface area contributed by atoms with E-state index in [0.717, 1.165) is 29.8 Å². The molecule has 1 atom stereocenters. The molecule has 0 fully saturated rings. The number of nitrogens with zero attached hydrogens (tertiary/aromatic N) is 2. The fourth-order valence-electron chi connectivity index (χ4n) is 4.32. The van der Waals surface area contributed by atoms with Crippen LogP contribution in [0, 0.1) is 0 Å². The van der Waals surface area contributed by atoms with E-state index in [2.05, 4.69) is 39.8 Å². The van der Waals surface area contributed by atoms with Crippen molar-refractivity contribution >= 4 is 23.0 Å². The van der Waals surface area contributed by atoms with Gasteiger partial charge < -0.3 is 4.90 Å². The van der Waals surface area contributed by atoms with Crippen LogP contribution in [0.3, 0.4) is 0 Å². The first-order valence-corrected chi connectivity index (χ1v) is 9.08. The van der Waals surface area contributed by atoms with E-state index in [1.54, 1.807) is 0 Å². The van der Waals surface area contributed by atoms with Crippen molar-refractivity contribution in [3.05, 3.63) is 59.2 Å². The molecule has 0 aromatic heterocycles. The van der Waals surface area contributed by atoms with Gasteiger partial charge in [0.2, 0.25) is 0 Å². The summed E-state index contributed by atoms with van der Waals surface area (Å²) in [6, 6.07) is 14.2. The third-order valence-corrected chi connectivity index (χ3v) is 5.43. The van der Waals surface area contributed by atoms with Crippen molar-refractivity contribution < 1.29 is 4.79 Å². The molecule has 0 radical (unpaired) electrons. The fraction of sp³-hybridized carbons (Fsp3) is 0.364. The van der Waals surface area contributed by atoms with Crippen LogP contribution in [-0.4, -0.2) is 17.2 Å². The van der Waals surface area contributed by atoms with Gasteiger partial charge in [-0.25, -0.2) is 4.99 Å². The van der Waals surface area contributed by atoms with Gasteiger partial charge in [0, 0.05) is 11.1 Å². The molecule has 2 heterocycles. The van der Waals surface area contributed by atoms with Gasteiger partial charge in [-0.1, -0.05) is 38.1 Å². The number of anilines is 1. The number of hydrogen-bond acceptors (Lipinski definition) is 2. The molecule has 0 unspecified atom stereocenters. The molecular weight excluding hydrogens is 308 g/mol. The Balaban J connectivity index is 1.98. The second kappa shape index (κ2) is 5.55. The summed E-state index contributed by atoms with van der Waals surface area (Å²) in [5, 5.41) is 0. The minimum atomic E-state index is -0.195. The van der Waals surface area contributed by atoms with Gasteiger partial charge in [0.1, 0.15) is 5.71 Å². The second-order valence-electron chi connectivity index (χ2n) is 7.79. The Morgan fingerprint density at radius 1 is 1.20 bits per heavy atom. The molecule has 2 aromatic carbocycles. The zero-order chi connectivity index (χ0) is 17.8. The van der Waals surface area contributed by atoms with E-state index in [1.807, 2.05) is 35.2 Å². The lowest BCUT2D eigenvalue weighted by atomic mass is 9.79. The highest BCUT2D eigenvalue weighted by Gasteiger charge is 2.48. The maximum absolute atomic E-state index is 13.3. The molecule has 0 saturated heterocycles. The molecular formula is C22H24N2O. The quantitative estimate of drug-likeness (QED) is 0.761. The van der Waals surface area contributed by atoms with E-state index in [-0.39, 0.29) is 11.4 Å². The number of aryl methyl sites for hydroxylation is 1. The number of para-hydroxylation sites is 1. The van der Waals surface area contributed by atoms with Gasteiger partial charge >= 0.3 is 0 Å². The minimum Gasteiger partial charge on any atom is -0.300 e. The van der Waals surface area contributed by atoms with Crippen LogP contribution in [0.2, 0.25) is 0 Å². The van der Waals surface area contributed by atoms with Gasteiger partial charge in [0.05, 0.1) is 11.4 Å². The van der Waals surface area contributed by atoms with Crippen molar-refractivity contribution in [2.75, 3.05) is 4.90 Å². The van der Waals surface area contributed by atoms with Crippen molar-refractivity contribution in [2.24, 2.45) is 4.99 Å². The minimum absolute atomic E-state index is 0.0326. The molecule has 1 amide bonds. The fourth-order valence-corrected chi connectivity index (χ4v) is 4.32. The maximum Gasteiger partial charge on any atom is 0.278 e. The predicted octanol–water partition coefficient (Wildman–Crippen LogP) is 5.00. The molecule has 0 bridgehead atoms. The van der Waals surface area contributed by atoms with E-state index in [4.69, 9.17) is 4.99 Å². The molecule has 3 nitrogen and oxygen atoms in total. The Morgan fingerprint density at radius 2 is 1.92 bits per heavy atom. The lowest BCUT2D eigenvalue weighted by Gasteiger charge is -2.43. The summed E-state index contributed by atoms with van der Waals surface area (Å²) < 4.78 is 0. The molecule has 4 rings (SSSR count). The van der Waals surface area contributed by atoms with Gasteiger partial charge in [0.15, 0.2) is 0 Å². The lowest BCUT2D eigenvalue weighted by Crippen LogP contribution is -2.50. The largest absolute Gasteiger partial charge is 0.300 e. The summed E-state index contributed by atoms with van der Waals surface area (Å²) in [7, 11) is 0. The highest BCUT2D eigenvalue weighted by atomic mass is 16.2. The standard InChI is InChI=1S/C22H24N2O/c1-5-15-11-17-14(2)13-22(3,4)24-20(17)18(12-15)19(21(24)25)23-16-9-7-6-8-10-16/h6-12,14H,5,13H2,1-4H3/t14-/m1/s1. The van der Waals surface area contributed by atoms with Gasteiger partial charge in [-0.15, -0.1) is 0 Å². The summed E-state index contributed by atoms with van der Waals surface area (Å²) in [5.74, 6) is 0.473. The SMILES string of the molecule is CCc1cc2c3c(c1)[C@H](C)CC(C)(C)N3C(=O)C2=Nc1ccccc1. The maximum atomic E-state index is 13.3. The number of aliphatic imine (C=N–C) groups is 1. The highest BCUT2D eigenvalue weighted by Crippen LogP contribution is 2.49. The van der Waals surface area contributed by atoms with Gasteiger partial charge in [0.25, 0.3) is 5.91 Å². The Morgan fingerprint density at radius 3 is 2.60 bits per heavy atom. The second-order valence-corrected chi connectivity index (χ2v) is 7.79. The topological polar surface area (TPSA) is 32.7 Å². The molecule has 2 aliphatic rings. The van der Waals surface area contributed by atoms with Gasteiger partial charge in [-0.2, -0.15) is 0 Å². The van der Waals surface area contributed by atoms with Crippen molar-refractivity contribution in [1.29, 1.82) is 0 Å². The Labute approximate surface area is 149 Å². The molecule has 128 valence electrons. The Bertz CT molecular complexity index is 880. The van der Waals surface area contributed by atoms with Crippen molar-refractivity contribution in [3.8, 4) is 0 Å². The third kappa shape index (κ3) is 2.41. The zero-order valence-corrected chi connectivity index (χ0v) is 15.3. The molecule has 25 heavy (non-hydrogen) atoms. The number of carbonyl (C=O) groups is 1. The van der Waals surface area contributed by atoms with Crippen LogP contribution in [0.4, 0.5) is 11.4 Å². The van der Waals surface area contributed by atoms with Crippen LogP contribution >= 0.6 is 0 Å². The first-order valence-electron chi connectivity index (χ1n) is 9.08. The number of rotatable bonds is 2. The summed E-state index contributed by atoms with van der Waals surface area (Å²) in [5.41, 5.74) is 5.87. The summed E-state index contributed by atoms with van der Waals surface area (Å²) in [4.78, 5) is 20.0. The van der Waals surface area contributed by atoms with Crippen molar-refractivity contribution in [3.63, 3.8) is 0 Å². The van der Waals surface area contributed by atoms with Crippen LogP contribution in [0.1, 0.15) is 56.7 Å². The first kappa shape index (κ1) is 16.1. The van der Waals surface area contributed by atoms with Crippen LogP contribution in [-0.2, 0) is 11.2 Å². The summed E-state index contributed by atoms with van der Waals surface area (Å²) >= 11 is 0. The van der Waals surface area contributed by atoms with E-state index >= 15 is 0 Å². The number of benzene rings is 2. The van der Waals surface area contributed by atoms with E-state index in [1.165, 1.54) is 11.1 Å². The van der Waals surface area contributed by atoms with Crippen LogP contribution in [0.25, 0.3) is 0 Å². The number of hydrogen-bond donors (Lipinski definition) is 0. The average molecular weight is 332 g/mol. The molecule has 2 aromatic rings. The molecule has 0 saturated carbocycles. The monoisotopic (exact) mass is 332 g/mol. The Kier molecular flexibility index (Phi) is 3.57. The van der Waals surface area contributed by atoms with Crippen molar-refractivity contribution in [1.82, 2.24) is 0 Å². The van der Waals surface area contributed by atoms with Crippen LogP contribution in [0.15, 0.2) is 47.5 Å². The number of carbonyl (C=O) groups excluding carboxylic acids is 1. The highest BCUT2D eigenvalue weighted by molar-refractivity contribution is 6.55. The van der Waals surface area contributed by atoms with E-state index < -0.39 is 0 Å². The average Bonchev–Trinajstić information content (AvgIpc) is 2.86. The van der Waals surface area contributed by atoms with Gasteiger partial charge in [-0.05, 0) is 61.9 Å². The van der Waals surface area contributed by atoms with Crippen LogP contribution in [0.5, 0.6) is 0 Å². The van der Waals surface area contributed by atoms with E-state index in [0.29, 0.717) is 11.6 Å². The normalized spacial score (nSPS) is 22.4. The van der Waals surface area contributed by atoms with E-state index in [9.17, 15) is 4.79 Å². The van der Waals surface area contributed by atoms with Crippen molar-refractivity contribution in [2.45, 2.75) is 52.0 Å². The molecule has 0 aliphatic carbocycles. The van der Waals surface area contributed by atoms with Gasteiger partial charge in [-0.3, -0.25) is 4.79 Å². The Hall–Kier alpha value is -2.42. The first-order chi connectivity index (χ1) is 11.9. The third-order valence-electron chi connectivity index (χ3n) is 5.43. The predicted molar refractivity (Wildman–Crippen MR) is 103 cm³/mol.